The average Bonchev–Trinajstić information content (AvgIpc) is 2.45. The van der Waals surface area contributed by atoms with E-state index in [-0.39, 0.29) is 0 Å². The minimum absolute atomic E-state index is 0.859. The van der Waals surface area contributed by atoms with E-state index in [1.165, 1.54) is 5.56 Å². The first kappa shape index (κ1) is 14.3. The predicted octanol–water partition coefficient (Wildman–Crippen LogP) is 3.91. The highest BCUT2D eigenvalue weighted by Gasteiger charge is 2.10. The Morgan fingerprint density at radius 1 is 1.00 bits per heavy atom. The number of nitrogens with zero attached hydrogens (tertiary/aromatic N) is 2. The summed E-state index contributed by atoms with van der Waals surface area (Å²) in [7, 11) is 0. The maximum Gasteiger partial charge on any atom is 0.139 e. The summed E-state index contributed by atoms with van der Waals surface area (Å²) in [4.78, 5) is 8.74. The summed E-state index contributed by atoms with van der Waals surface area (Å²) in [5.41, 5.74) is 3.45. The molecular formula is C16H22N4. The third-order valence-corrected chi connectivity index (χ3v) is 3.10. The van der Waals surface area contributed by atoms with E-state index in [4.69, 9.17) is 0 Å². The minimum Gasteiger partial charge on any atom is -0.370 e. The third-order valence-electron chi connectivity index (χ3n) is 3.10. The lowest BCUT2D eigenvalue weighted by Crippen LogP contribution is -2.08. The SMILES string of the molecule is CCCc1c(NCC)ncnc1Nc1ccc(C)cc1. The molecule has 0 saturated heterocycles. The lowest BCUT2D eigenvalue weighted by molar-refractivity contribution is 0.902. The maximum atomic E-state index is 4.40. The van der Waals surface area contributed by atoms with Gasteiger partial charge in [0.1, 0.15) is 18.0 Å². The number of anilines is 3. The Labute approximate surface area is 120 Å². The van der Waals surface area contributed by atoms with Crippen molar-refractivity contribution in [2.45, 2.75) is 33.6 Å². The van der Waals surface area contributed by atoms with E-state index < -0.39 is 0 Å². The maximum absolute atomic E-state index is 4.40. The Morgan fingerprint density at radius 3 is 2.35 bits per heavy atom. The Bertz CT molecular complexity index is 549. The molecule has 1 aromatic carbocycles. The number of hydrogen-bond donors (Lipinski definition) is 2. The molecule has 0 amide bonds. The zero-order chi connectivity index (χ0) is 14.4. The van der Waals surface area contributed by atoms with Crippen LogP contribution in [0.5, 0.6) is 0 Å². The van der Waals surface area contributed by atoms with Crippen LogP contribution >= 0.6 is 0 Å². The first-order valence-electron chi connectivity index (χ1n) is 7.16. The molecule has 0 aliphatic heterocycles. The molecule has 0 aliphatic carbocycles. The number of benzene rings is 1. The van der Waals surface area contributed by atoms with Crippen molar-refractivity contribution in [3.8, 4) is 0 Å². The number of aryl methyl sites for hydroxylation is 1. The van der Waals surface area contributed by atoms with Crippen molar-refractivity contribution in [3.05, 3.63) is 41.7 Å². The van der Waals surface area contributed by atoms with Crippen LogP contribution < -0.4 is 10.6 Å². The van der Waals surface area contributed by atoms with Crippen molar-refractivity contribution in [2.75, 3.05) is 17.2 Å². The Hall–Kier alpha value is -2.10. The normalized spacial score (nSPS) is 10.3. The van der Waals surface area contributed by atoms with Gasteiger partial charge >= 0.3 is 0 Å². The molecule has 0 saturated carbocycles. The number of nitrogens with one attached hydrogen (secondary N) is 2. The van der Waals surface area contributed by atoms with E-state index in [0.717, 1.165) is 42.3 Å². The van der Waals surface area contributed by atoms with Crippen LogP contribution in [0.4, 0.5) is 17.3 Å². The molecule has 20 heavy (non-hydrogen) atoms. The highest BCUT2D eigenvalue weighted by molar-refractivity contribution is 5.65. The summed E-state index contributed by atoms with van der Waals surface area (Å²) in [5.74, 6) is 1.82. The number of aromatic nitrogens is 2. The Morgan fingerprint density at radius 2 is 1.70 bits per heavy atom. The second-order valence-corrected chi connectivity index (χ2v) is 4.82. The van der Waals surface area contributed by atoms with Gasteiger partial charge in [0.25, 0.3) is 0 Å². The summed E-state index contributed by atoms with van der Waals surface area (Å²) in [5, 5.41) is 6.70. The monoisotopic (exact) mass is 270 g/mol. The largest absolute Gasteiger partial charge is 0.370 e. The van der Waals surface area contributed by atoms with Gasteiger partial charge < -0.3 is 10.6 Å². The molecule has 2 aromatic rings. The van der Waals surface area contributed by atoms with Crippen LogP contribution in [-0.2, 0) is 6.42 Å². The minimum atomic E-state index is 0.859. The van der Waals surface area contributed by atoms with E-state index in [1.807, 2.05) is 0 Å². The quantitative estimate of drug-likeness (QED) is 0.835. The van der Waals surface area contributed by atoms with E-state index in [1.54, 1.807) is 6.33 Å². The van der Waals surface area contributed by atoms with Gasteiger partial charge in [-0.2, -0.15) is 0 Å². The topological polar surface area (TPSA) is 49.8 Å². The first-order valence-corrected chi connectivity index (χ1v) is 7.16. The lowest BCUT2D eigenvalue weighted by Gasteiger charge is -2.14. The van der Waals surface area contributed by atoms with Crippen molar-refractivity contribution in [1.82, 2.24) is 9.97 Å². The summed E-state index contributed by atoms with van der Waals surface area (Å²) < 4.78 is 0. The van der Waals surface area contributed by atoms with Gasteiger partial charge in [-0.15, -0.1) is 0 Å². The fourth-order valence-corrected chi connectivity index (χ4v) is 2.10. The summed E-state index contributed by atoms with van der Waals surface area (Å²) >= 11 is 0. The average molecular weight is 270 g/mol. The van der Waals surface area contributed by atoms with Crippen LogP contribution in [0.25, 0.3) is 0 Å². The van der Waals surface area contributed by atoms with Crippen molar-refractivity contribution < 1.29 is 0 Å². The second-order valence-electron chi connectivity index (χ2n) is 4.82. The highest BCUT2D eigenvalue weighted by Crippen LogP contribution is 2.24. The van der Waals surface area contributed by atoms with Crippen LogP contribution in [0, 0.1) is 6.92 Å². The molecule has 0 spiro atoms. The van der Waals surface area contributed by atoms with Gasteiger partial charge in [0.15, 0.2) is 0 Å². The fraction of sp³-hybridized carbons (Fsp3) is 0.375. The van der Waals surface area contributed by atoms with Crippen molar-refractivity contribution >= 4 is 17.3 Å². The van der Waals surface area contributed by atoms with Gasteiger partial charge in [-0.05, 0) is 32.4 Å². The molecule has 106 valence electrons. The van der Waals surface area contributed by atoms with Crippen molar-refractivity contribution in [1.29, 1.82) is 0 Å². The summed E-state index contributed by atoms with van der Waals surface area (Å²) in [6.45, 7) is 7.18. The zero-order valence-corrected chi connectivity index (χ0v) is 12.4. The molecule has 0 bridgehead atoms. The van der Waals surface area contributed by atoms with Crippen LogP contribution in [0.2, 0.25) is 0 Å². The predicted molar refractivity (Wildman–Crippen MR) is 84.7 cm³/mol. The molecule has 0 atom stereocenters. The molecule has 4 heteroatoms. The Balaban J connectivity index is 2.29. The highest BCUT2D eigenvalue weighted by atomic mass is 15.1. The molecule has 2 rings (SSSR count). The smallest absolute Gasteiger partial charge is 0.139 e. The molecule has 0 unspecified atom stereocenters. The molecule has 0 aliphatic rings. The third kappa shape index (κ3) is 3.47. The lowest BCUT2D eigenvalue weighted by atomic mass is 10.1. The zero-order valence-electron chi connectivity index (χ0n) is 12.4. The molecular weight excluding hydrogens is 248 g/mol. The molecule has 0 radical (unpaired) electrons. The standard InChI is InChI=1S/C16H22N4/c1-4-6-14-15(17-5-2)18-11-19-16(14)20-13-9-7-12(3)8-10-13/h7-11H,4-6H2,1-3H3,(H2,17,18,19,20). The van der Waals surface area contributed by atoms with Crippen molar-refractivity contribution in [3.63, 3.8) is 0 Å². The van der Waals surface area contributed by atoms with Crippen LogP contribution in [0.3, 0.4) is 0 Å². The molecule has 1 aromatic heterocycles. The fourth-order valence-electron chi connectivity index (χ4n) is 2.10. The van der Waals surface area contributed by atoms with E-state index in [2.05, 4.69) is 65.6 Å². The van der Waals surface area contributed by atoms with E-state index in [9.17, 15) is 0 Å². The number of rotatable bonds is 6. The Kier molecular flexibility index (Phi) is 4.93. The summed E-state index contributed by atoms with van der Waals surface area (Å²) in [6.07, 6.45) is 3.62. The van der Waals surface area contributed by atoms with Gasteiger partial charge in [-0.1, -0.05) is 31.0 Å². The molecule has 1 heterocycles. The number of hydrogen-bond acceptors (Lipinski definition) is 4. The van der Waals surface area contributed by atoms with E-state index in [0.29, 0.717) is 0 Å². The van der Waals surface area contributed by atoms with Crippen LogP contribution in [-0.4, -0.2) is 16.5 Å². The van der Waals surface area contributed by atoms with E-state index >= 15 is 0 Å². The van der Waals surface area contributed by atoms with Gasteiger partial charge in [-0.3, -0.25) is 0 Å². The molecule has 0 fully saturated rings. The first-order chi connectivity index (χ1) is 9.74. The molecule has 2 N–H and O–H groups in total. The van der Waals surface area contributed by atoms with Gasteiger partial charge in [0.2, 0.25) is 0 Å². The summed E-state index contributed by atoms with van der Waals surface area (Å²) in [6, 6.07) is 8.32. The van der Waals surface area contributed by atoms with Crippen LogP contribution in [0.1, 0.15) is 31.4 Å². The van der Waals surface area contributed by atoms with Crippen LogP contribution in [0.15, 0.2) is 30.6 Å². The van der Waals surface area contributed by atoms with Gasteiger partial charge in [0, 0.05) is 17.8 Å². The van der Waals surface area contributed by atoms with Gasteiger partial charge in [0.05, 0.1) is 0 Å². The second kappa shape index (κ2) is 6.89. The molecule has 4 nitrogen and oxygen atoms in total. The van der Waals surface area contributed by atoms with Crippen molar-refractivity contribution in [2.24, 2.45) is 0 Å². The van der Waals surface area contributed by atoms with Gasteiger partial charge in [-0.25, -0.2) is 9.97 Å².